The van der Waals surface area contributed by atoms with Gasteiger partial charge in [-0.05, 0) is 41.8 Å². The molecule has 0 aliphatic carbocycles. The van der Waals surface area contributed by atoms with Crippen molar-refractivity contribution in [3.63, 3.8) is 0 Å². The van der Waals surface area contributed by atoms with Crippen LogP contribution in [-0.2, 0) is 4.74 Å². The van der Waals surface area contributed by atoms with Crippen molar-refractivity contribution in [2.45, 2.75) is 0 Å². The average molecular weight is 323 g/mol. The molecule has 0 radical (unpaired) electrons. The van der Waals surface area contributed by atoms with E-state index in [4.69, 9.17) is 4.74 Å². The molecule has 0 fully saturated rings. The van der Waals surface area contributed by atoms with Gasteiger partial charge in [0.2, 0.25) is 0 Å². The Morgan fingerprint density at radius 2 is 1.58 bits per heavy atom. The van der Waals surface area contributed by atoms with E-state index >= 15 is 0 Å². The van der Waals surface area contributed by atoms with E-state index in [0.29, 0.717) is 22.2 Å². The van der Waals surface area contributed by atoms with Crippen LogP contribution in [0, 0.1) is 5.82 Å². The fourth-order valence-electron chi connectivity index (χ4n) is 2.50. The average Bonchev–Trinajstić information content (AvgIpc) is 2.61. The number of nitrogens with one attached hydrogen (secondary N) is 1. The molecule has 24 heavy (non-hydrogen) atoms. The summed E-state index contributed by atoms with van der Waals surface area (Å²) < 4.78 is 17.7. The normalized spacial score (nSPS) is 10.4. The number of benzene rings is 3. The van der Waals surface area contributed by atoms with Gasteiger partial charge in [0.25, 0.3) is 5.91 Å². The van der Waals surface area contributed by atoms with Crippen LogP contribution in [0.15, 0.2) is 60.7 Å². The molecule has 0 unspecified atom stereocenters. The first-order chi connectivity index (χ1) is 11.6. The Kier molecular flexibility index (Phi) is 4.24. The topological polar surface area (TPSA) is 55.4 Å². The standard InChI is InChI=1S/C19H14FNO3/c1-24-19(23)16-6-2-5-15-14(16)4-3-7-17(15)21-18(22)12-8-10-13(20)11-9-12/h2-11H,1H3,(H,21,22). The summed E-state index contributed by atoms with van der Waals surface area (Å²) in [6.07, 6.45) is 0. The van der Waals surface area contributed by atoms with Gasteiger partial charge in [-0.15, -0.1) is 0 Å². The maximum absolute atomic E-state index is 13.0. The Morgan fingerprint density at radius 1 is 0.917 bits per heavy atom. The van der Waals surface area contributed by atoms with Crippen molar-refractivity contribution in [3.05, 3.63) is 77.6 Å². The van der Waals surface area contributed by atoms with Gasteiger partial charge < -0.3 is 10.1 Å². The van der Waals surface area contributed by atoms with Gasteiger partial charge in [0.1, 0.15) is 5.82 Å². The summed E-state index contributed by atoms with van der Waals surface area (Å²) in [4.78, 5) is 24.2. The number of hydrogen-bond donors (Lipinski definition) is 1. The van der Waals surface area contributed by atoms with Gasteiger partial charge in [0, 0.05) is 16.6 Å². The molecule has 4 nitrogen and oxygen atoms in total. The maximum atomic E-state index is 13.0. The molecule has 0 aromatic heterocycles. The van der Waals surface area contributed by atoms with Gasteiger partial charge in [-0.25, -0.2) is 9.18 Å². The molecule has 0 aliphatic rings. The fraction of sp³-hybridized carbons (Fsp3) is 0.0526. The Morgan fingerprint density at radius 3 is 2.29 bits per heavy atom. The minimum Gasteiger partial charge on any atom is -0.465 e. The Labute approximate surface area is 137 Å². The number of anilines is 1. The van der Waals surface area contributed by atoms with Crippen LogP contribution >= 0.6 is 0 Å². The van der Waals surface area contributed by atoms with Gasteiger partial charge in [-0.1, -0.05) is 24.3 Å². The van der Waals surface area contributed by atoms with Gasteiger partial charge >= 0.3 is 5.97 Å². The van der Waals surface area contributed by atoms with E-state index < -0.39 is 11.8 Å². The molecule has 0 bridgehead atoms. The van der Waals surface area contributed by atoms with E-state index in [0.717, 1.165) is 5.39 Å². The minimum absolute atomic E-state index is 0.345. The number of hydrogen-bond acceptors (Lipinski definition) is 3. The number of rotatable bonds is 3. The predicted molar refractivity (Wildman–Crippen MR) is 89.6 cm³/mol. The number of methoxy groups -OCH3 is 1. The quantitative estimate of drug-likeness (QED) is 0.741. The number of halogens is 1. The molecule has 0 saturated carbocycles. The van der Waals surface area contributed by atoms with Crippen molar-refractivity contribution in [3.8, 4) is 0 Å². The number of carbonyl (C=O) groups is 2. The SMILES string of the molecule is COC(=O)c1cccc2c(NC(=O)c3ccc(F)cc3)cccc12. The highest BCUT2D eigenvalue weighted by atomic mass is 19.1. The van der Waals surface area contributed by atoms with Crippen LogP contribution in [0.2, 0.25) is 0 Å². The van der Waals surface area contributed by atoms with Crippen molar-refractivity contribution in [2.75, 3.05) is 12.4 Å². The predicted octanol–water partition coefficient (Wildman–Crippen LogP) is 4.02. The third kappa shape index (κ3) is 2.96. The van der Waals surface area contributed by atoms with Gasteiger partial charge in [-0.2, -0.15) is 0 Å². The van der Waals surface area contributed by atoms with Gasteiger partial charge in [-0.3, -0.25) is 4.79 Å². The molecule has 3 aromatic carbocycles. The first kappa shape index (κ1) is 15.7. The van der Waals surface area contributed by atoms with Crippen LogP contribution in [0.3, 0.4) is 0 Å². The lowest BCUT2D eigenvalue weighted by molar-refractivity contribution is 0.0603. The summed E-state index contributed by atoms with van der Waals surface area (Å²) in [6, 6.07) is 15.8. The van der Waals surface area contributed by atoms with Gasteiger partial charge in [0.05, 0.1) is 12.7 Å². The van der Waals surface area contributed by atoms with E-state index in [1.54, 1.807) is 30.3 Å². The van der Waals surface area contributed by atoms with Crippen LogP contribution in [0.1, 0.15) is 20.7 Å². The minimum atomic E-state index is -0.442. The second-order valence-electron chi connectivity index (χ2n) is 5.16. The fourth-order valence-corrected chi connectivity index (χ4v) is 2.50. The van der Waals surface area contributed by atoms with E-state index in [1.165, 1.54) is 31.4 Å². The molecule has 0 atom stereocenters. The second kappa shape index (κ2) is 6.50. The maximum Gasteiger partial charge on any atom is 0.338 e. The van der Waals surface area contributed by atoms with Crippen molar-refractivity contribution < 1.29 is 18.7 Å². The van der Waals surface area contributed by atoms with E-state index in [2.05, 4.69) is 5.32 Å². The van der Waals surface area contributed by atoms with Crippen molar-refractivity contribution in [1.82, 2.24) is 0 Å². The molecule has 5 heteroatoms. The molecule has 0 heterocycles. The summed E-state index contributed by atoms with van der Waals surface area (Å²) in [5, 5.41) is 4.19. The van der Waals surface area contributed by atoms with Crippen LogP contribution in [-0.4, -0.2) is 19.0 Å². The molecular formula is C19H14FNO3. The number of ether oxygens (including phenoxy) is 1. The van der Waals surface area contributed by atoms with E-state index in [-0.39, 0.29) is 5.91 Å². The highest BCUT2D eigenvalue weighted by Crippen LogP contribution is 2.27. The molecule has 0 spiro atoms. The monoisotopic (exact) mass is 323 g/mol. The number of fused-ring (bicyclic) bond motifs is 1. The smallest absolute Gasteiger partial charge is 0.338 e. The lowest BCUT2D eigenvalue weighted by atomic mass is 10.0. The Hall–Kier alpha value is -3.21. The number of amides is 1. The van der Waals surface area contributed by atoms with Crippen LogP contribution < -0.4 is 5.32 Å². The van der Waals surface area contributed by atoms with Crippen molar-refractivity contribution in [1.29, 1.82) is 0 Å². The highest BCUT2D eigenvalue weighted by molar-refractivity contribution is 6.12. The zero-order valence-electron chi connectivity index (χ0n) is 12.9. The lowest BCUT2D eigenvalue weighted by Crippen LogP contribution is -2.12. The zero-order valence-corrected chi connectivity index (χ0v) is 12.9. The Bertz CT molecular complexity index is 920. The summed E-state index contributed by atoms with van der Waals surface area (Å²) in [5.41, 5.74) is 1.33. The summed E-state index contributed by atoms with van der Waals surface area (Å²) in [5.74, 6) is -1.20. The lowest BCUT2D eigenvalue weighted by Gasteiger charge is -2.11. The first-order valence-electron chi connectivity index (χ1n) is 7.27. The second-order valence-corrected chi connectivity index (χ2v) is 5.16. The Balaban J connectivity index is 1.99. The molecule has 120 valence electrons. The third-order valence-electron chi connectivity index (χ3n) is 3.68. The molecule has 3 rings (SSSR count). The third-order valence-corrected chi connectivity index (χ3v) is 3.68. The zero-order chi connectivity index (χ0) is 17.1. The summed E-state index contributed by atoms with van der Waals surface area (Å²) >= 11 is 0. The van der Waals surface area contributed by atoms with E-state index in [1.807, 2.05) is 6.07 Å². The number of carbonyl (C=O) groups excluding carboxylic acids is 2. The summed E-state index contributed by atoms with van der Waals surface area (Å²) in [6.45, 7) is 0. The number of esters is 1. The molecule has 3 aromatic rings. The largest absolute Gasteiger partial charge is 0.465 e. The summed E-state index contributed by atoms with van der Waals surface area (Å²) in [7, 11) is 1.32. The molecule has 1 N–H and O–H groups in total. The van der Waals surface area contributed by atoms with Crippen molar-refractivity contribution >= 4 is 28.3 Å². The highest BCUT2D eigenvalue weighted by Gasteiger charge is 2.13. The van der Waals surface area contributed by atoms with Gasteiger partial charge in [0.15, 0.2) is 0 Å². The first-order valence-corrected chi connectivity index (χ1v) is 7.27. The van der Waals surface area contributed by atoms with Crippen molar-refractivity contribution in [2.24, 2.45) is 0 Å². The molecule has 0 saturated heterocycles. The van der Waals surface area contributed by atoms with E-state index in [9.17, 15) is 14.0 Å². The molecule has 0 aliphatic heterocycles. The van der Waals surface area contributed by atoms with Crippen LogP contribution in [0.25, 0.3) is 10.8 Å². The van der Waals surface area contributed by atoms with Crippen LogP contribution in [0.5, 0.6) is 0 Å². The molecular weight excluding hydrogens is 309 g/mol. The van der Waals surface area contributed by atoms with Crippen LogP contribution in [0.4, 0.5) is 10.1 Å². The molecule has 1 amide bonds.